The SMILES string of the molecule is COc1cc(-c2nn(CN(C)Cc3ccc(N(C)C)cc3)c(=S)o2)cc(OC)c1OC. The van der Waals surface area contributed by atoms with Gasteiger partial charge in [-0.1, -0.05) is 12.1 Å². The molecule has 8 nitrogen and oxygen atoms in total. The average molecular weight is 445 g/mol. The van der Waals surface area contributed by atoms with Crippen molar-refractivity contribution in [3.05, 3.63) is 46.8 Å². The molecule has 0 fully saturated rings. The van der Waals surface area contributed by atoms with Crippen molar-refractivity contribution in [3.8, 4) is 28.7 Å². The molecule has 1 heterocycles. The zero-order chi connectivity index (χ0) is 22.5. The van der Waals surface area contributed by atoms with Crippen molar-refractivity contribution in [2.45, 2.75) is 13.2 Å². The van der Waals surface area contributed by atoms with E-state index in [1.165, 1.54) is 11.3 Å². The van der Waals surface area contributed by atoms with Gasteiger partial charge in [0, 0.05) is 31.9 Å². The van der Waals surface area contributed by atoms with Crippen LogP contribution in [0.2, 0.25) is 0 Å². The maximum atomic E-state index is 5.75. The van der Waals surface area contributed by atoms with E-state index < -0.39 is 0 Å². The maximum Gasteiger partial charge on any atom is 0.288 e. The minimum atomic E-state index is 0.290. The minimum Gasteiger partial charge on any atom is -0.493 e. The summed E-state index contributed by atoms with van der Waals surface area (Å²) in [7, 11) is 10.8. The highest BCUT2D eigenvalue weighted by Gasteiger charge is 2.18. The van der Waals surface area contributed by atoms with Crippen molar-refractivity contribution in [2.24, 2.45) is 0 Å². The molecule has 3 rings (SSSR count). The quantitative estimate of drug-likeness (QED) is 0.458. The van der Waals surface area contributed by atoms with Gasteiger partial charge < -0.3 is 23.5 Å². The lowest BCUT2D eigenvalue weighted by atomic mass is 10.2. The number of nitrogens with zero attached hydrogens (tertiary/aromatic N) is 4. The standard InChI is InChI=1S/C22H28N4O4S/c1-24(2)17-9-7-15(8-10-17)13-25(3)14-26-22(31)30-21(23-26)16-11-18(27-4)20(29-6)19(12-16)28-5/h7-12H,13-14H2,1-6H3. The molecule has 1 aromatic heterocycles. The molecule has 0 saturated carbocycles. The Balaban J connectivity index is 1.78. The van der Waals surface area contributed by atoms with Gasteiger partial charge in [-0.05, 0) is 49.1 Å². The Morgan fingerprint density at radius 2 is 1.58 bits per heavy atom. The first-order chi connectivity index (χ1) is 14.9. The van der Waals surface area contributed by atoms with E-state index in [0.717, 1.165) is 6.54 Å². The van der Waals surface area contributed by atoms with Crippen molar-refractivity contribution >= 4 is 17.9 Å². The predicted molar refractivity (Wildman–Crippen MR) is 123 cm³/mol. The molecule has 0 aliphatic carbocycles. The summed E-state index contributed by atoms with van der Waals surface area (Å²) < 4.78 is 23.6. The fourth-order valence-electron chi connectivity index (χ4n) is 3.21. The van der Waals surface area contributed by atoms with E-state index in [4.69, 9.17) is 30.8 Å². The summed E-state index contributed by atoms with van der Waals surface area (Å²) in [5.41, 5.74) is 3.05. The third-order valence-electron chi connectivity index (χ3n) is 4.80. The molecule has 0 unspecified atom stereocenters. The highest BCUT2D eigenvalue weighted by molar-refractivity contribution is 7.71. The van der Waals surface area contributed by atoms with Gasteiger partial charge in [0.05, 0.1) is 28.0 Å². The van der Waals surface area contributed by atoms with Crippen LogP contribution >= 0.6 is 12.2 Å². The molecule has 0 aliphatic heterocycles. The average Bonchev–Trinajstić information content (AvgIpc) is 3.12. The van der Waals surface area contributed by atoms with Crippen molar-refractivity contribution in [2.75, 3.05) is 47.4 Å². The first kappa shape index (κ1) is 22.6. The number of anilines is 1. The van der Waals surface area contributed by atoms with Gasteiger partial charge in [0.25, 0.3) is 4.84 Å². The summed E-state index contributed by atoms with van der Waals surface area (Å²) in [6.45, 7) is 1.24. The largest absolute Gasteiger partial charge is 0.493 e. The minimum absolute atomic E-state index is 0.290. The number of aromatic nitrogens is 2. The summed E-state index contributed by atoms with van der Waals surface area (Å²) in [6, 6.07) is 12.0. The van der Waals surface area contributed by atoms with Gasteiger partial charge in [-0.2, -0.15) is 0 Å². The zero-order valence-electron chi connectivity index (χ0n) is 18.7. The molecule has 0 spiro atoms. The first-order valence-electron chi connectivity index (χ1n) is 9.69. The van der Waals surface area contributed by atoms with Crippen molar-refractivity contribution in [1.29, 1.82) is 0 Å². The van der Waals surface area contributed by atoms with Crippen LogP contribution in [0.15, 0.2) is 40.8 Å². The molecule has 166 valence electrons. The molecule has 0 N–H and O–H groups in total. The Labute approximate surface area is 187 Å². The van der Waals surface area contributed by atoms with Crippen LogP contribution in [0.5, 0.6) is 17.2 Å². The van der Waals surface area contributed by atoms with Crippen LogP contribution in [0.1, 0.15) is 5.56 Å². The van der Waals surface area contributed by atoms with Gasteiger partial charge >= 0.3 is 0 Å². The van der Waals surface area contributed by atoms with E-state index in [0.29, 0.717) is 40.2 Å². The molecular formula is C22H28N4O4S. The molecule has 0 saturated heterocycles. The monoisotopic (exact) mass is 444 g/mol. The molecule has 0 atom stereocenters. The third kappa shape index (κ3) is 5.18. The van der Waals surface area contributed by atoms with Gasteiger partial charge in [0.2, 0.25) is 11.6 Å². The van der Waals surface area contributed by atoms with Gasteiger partial charge in [-0.3, -0.25) is 4.90 Å². The summed E-state index contributed by atoms with van der Waals surface area (Å²) >= 11 is 5.39. The van der Waals surface area contributed by atoms with Gasteiger partial charge in [-0.15, -0.1) is 5.10 Å². The number of methoxy groups -OCH3 is 3. The zero-order valence-corrected chi connectivity index (χ0v) is 19.5. The fourth-order valence-corrected chi connectivity index (χ4v) is 3.38. The second-order valence-corrected chi connectivity index (χ2v) is 7.65. The van der Waals surface area contributed by atoms with Gasteiger partial charge in [0.15, 0.2) is 11.5 Å². The van der Waals surface area contributed by atoms with Crippen LogP contribution in [0, 0.1) is 4.84 Å². The number of hydrogen-bond acceptors (Lipinski definition) is 8. The Morgan fingerprint density at radius 3 is 2.10 bits per heavy atom. The Hall–Kier alpha value is -3.04. The Morgan fingerprint density at radius 1 is 0.968 bits per heavy atom. The lowest BCUT2D eigenvalue weighted by molar-refractivity contribution is 0.241. The Bertz CT molecular complexity index is 1050. The molecule has 2 aromatic carbocycles. The molecule has 3 aromatic rings. The number of rotatable bonds is 9. The van der Waals surface area contributed by atoms with E-state index in [2.05, 4.69) is 39.2 Å². The molecule has 31 heavy (non-hydrogen) atoms. The number of hydrogen-bond donors (Lipinski definition) is 0. The van der Waals surface area contributed by atoms with Gasteiger partial charge in [0.1, 0.15) is 0 Å². The lowest BCUT2D eigenvalue weighted by Crippen LogP contribution is -2.22. The van der Waals surface area contributed by atoms with Crippen LogP contribution in [0.3, 0.4) is 0 Å². The highest BCUT2D eigenvalue weighted by Crippen LogP contribution is 2.40. The summed E-state index contributed by atoms with van der Waals surface area (Å²) in [6.07, 6.45) is 0. The van der Waals surface area contributed by atoms with E-state index in [-0.39, 0.29) is 0 Å². The summed E-state index contributed by atoms with van der Waals surface area (Å²) in [4.78, 5) is 4.48. The second-order valence-electron chi connectivity index (χ2n) is 7.30. The van der Waals surface area contributed by atoms with Crippen LogP contribution in [0.25, 0.3) is 11.5 Å². The van der Waals surface area contributed by atoms with Gasteiger partial charge in [-0.25, -0.2) is 4.68 Å². The summed E-state index contributed by atoms with van der Waals surface area (Å²) in [5, 5.41) is 4.55. The third-order valence-corrected chi connectivity index (χ3v) is 5.09. The molecule has 0 bridgehead atoms. The van der Waals surface area contributed by atoms with Crippen molar-refractivity contribution < 1.29 is 18.6 Å². The molecule has 0 radical (unpaired) electrons. The predicted octanol–water partition coefficient (Wildman–Crippen LogP) is 4.05. The lowest BCUT2D eigenvalue weighted by Gasteiger charge is -2.17. The van der Waals surface area contributed by atoms with E-state index >= 15 is 0 Å². The molecule has 9 heteroatoms. The van der Waals surface area contributed by atoms with Crippen molar-refractivity contribution in [1.82, 2.24) is 14.7 Å². The highest BCUT2D eigenvalue weighted by atomic mass is 32.1. The number of benzene rings is 2. The van der Waals surface area contributed by atoms with Crippen LogP contribution in [-0.2, 0) is 13.2 Å². The topological polar surface area (TPSA) is 65.1 Å². The second kappa shape index (κ2) is 9.84. The Kier molecular flexibility index (Phi) is 7.19. The maximum absolute atomic E-state index is 5.75. The smallest absolute Gasteiger partial charge is 0.288 e. The van der Waals surface area contributed by atoms with Crippen LogP contribution < -0.4 is 19.1 Å². The number of ether oxygens (including phenoxy) is 3. The van der Waals surface area contributed by atoms with E-state index in [1.54, 1.807) is 38.1 Å². The van der Waals surface area contributed by atoms with Crippen LogP contribution in [0.4, 0.5) is 5.69 Å². The van der Waals surface area contributed by atoms with Crippen molar-refractivity contribution in [3.63, 3.8) is 0 Å². The molecule has 0 amide bonds. The normalized spacial score (nSPS) is 10.9. The van der Waals surface area contributed by atoms with E-state index in [9.17, 15) is 0 Å². The molecule has 0 aliphatic rings. The fraction of sp³-hybridized carbons (Fsp3) is 0.364. The molecular weight excluding hydrogens is 416 g/mol. The van der Waals surface area contributed by atoms with E-state index in [1.807, 2.05) is 21.1 Å². The first-order valence-corrected chi connectivity index (χ1v) is 10.1. The van der Waals surface area contributed by atoms with Crippen LogP contribution in [-0.4, -0.2) is 57.2 Å². The summed E-state index contributed by atoms with van der Waals surface area (Å²) in [5.74, 6) is 1.93.